The second-order valence-electron chi connectivity index (χ2n) is 5.30. The molecule has 0 aromatic rings. The Labute approximate surface area is 105 Å². The Balaban J connectivity index is 2.55. The van der Waals surface area contributed by atoms with Crippen molar-refractivity contribution in [2.45, 2.75) is 45.3 Å². The van der Waals surface area contributed by atoms with Gasteiger partial charge in [0.05, 0.1) is 0 Å². The molecular formula is C11H19N3O4. The Morgan fingerprint density at radius 2 is 2.11 bits per heavy atom. The van der Waals surface area contributed by atoms with Gasteiger partial charge in [0.2, 0.25) is 11.8 Å². The van der Waals surface area contributed by atoms with Crippen LogP contribution in [0.2, 0.25) is 0 Å². The molecule has 1 rings (SSSR count). The second-order valence-corrected chi connectivity index (χ2v) is 5.30. The number of nitrogens with one attached hydrogen (secondary N) is 2. The summed E-state index contributed by atoms with van der Waals surface area (Å²) in [6.45, 7) is 5.25. The van der Waals surface area contributed by atoms with Gasteiger partial charge in [-0.05, 0) is 27.2 Å². The molecule has 1 aliphatic rings. The lowest BCUT2D eigenvalue weighted by molar-refractivity contribution is -0.157. The molecule has 2 amide bonds. The highest BCUT2D eigenvalue weighted by atomic mass is 16.6. The molecule has 4 N–H and O–H groups in total. The van der Waals surface area contributed by atoms with Crippen molar-refractivity contribution in [1.82, 2.24) is 10.7 Å². The molecule has 7 heteroatoms. The van der Waals surface area contributed by atoms with Crippen molar-refractivity contribution in [2.24, 2.45) is 11.8 Å². The molecule has 0 aliphatic carbocycles. The molecular weight excluding hydrogens is 238 g/mol. The number of hydrogen-bond donors (Lipinski definition) is 3. The molecule has 0 aromatic heterocycles. The Kier molecular flexibility index (Phi) is 4.28. The van der Waals surface area contributed by atoms with E-state index in [9.17, 15) is 14.4 Å². The number of carbonyl (C=O) groups excluding carboxylic acids is 3. The Morgan fingerprint density at radius 3 is 2.61 bits per heavy atom. The van der Waals surface area contributed by atoms with Crippen molar-refractivity contribution >= 4 is 17.8 Å². The van der Waals surface area contributed by atoms with E-state index >= 15 is 0 Å². The first kappa shape index (κ1) is 14.4. The number of carbonyl (C=O) groups is 3. The first-order valence-electron chi connectivity index (χ1n) is 5.75. The molecule has 0 radical (unpaired) electrons. The zero-order valence-corrected chi connectivity index (χ0v) is 10.8. The summed E-state index contributed by atoms with van der Waals surface area (Å²) >= 11 is 0. The molecule has 2 atom stereocenters. The SMILES string of the molecule is CC(C)(C)OC(=O)[C@@H]1C[C@H](CC(=O)NN)C(=O)N1. The second kappa shape index (κ2) is 5.34. The van der Waals surface area contributed by atoms with Crippen LogP contribution in [0.25, 0.3) is 0 Å². The van der Waals surface area contributed by atoms with Crippen molar-refractivity contribution in [2.75, 3.05) is 0 Å². The maximum atomic E-state index is 11.7. The van der Waals surface area contributed by atoms with Gasteiger partial charge in [0.1, 0.15) is 11.6 Å². The predicted octanol–water partition coefficient (Wildman–Crippen LogP) is -0.787. The number of esters is 1. The van der Waals surface area contributed by atoms with Gasteiger partial charge in [0.15, 0.2) is 0 Å². The Hall–Kier alpha value is -1.63. The third-order valence-corrected chi connectivity index (χ3v) is 2.49. The lowest BCUT2D eigenvalue weighted by Gasteiger charge is -2.21. The van der Waals surface area contributed by atoms with Gasteiger partial charge in [-0.15, -0.1) is 0 Å². The summed E-state index contributed by atoms with van der Waals surface area (Å²) in [7, 11) is 0. The predicted molar refractivity (Wildman–Crippen MR) is 62.8 cm³/mol. The van der Waals surface area contributed by atoms with Crippen LogP contribution in [0.15, 0.2) is 0 Å². The number of rotatable bonds is 3. The number of nitrogens with two attached hydrogens (primary N) is 1. The maximum Gasteiger partial charge on any atom is 0.329 e. The van der Waals surface area contributed by atoms with E-state index in [2.05, 4.69) is 5.32 Å². The highest BCUT2D eigenvalue weighted by molar-refractivity contribution is 5.92. The highest BCUT2D eigenvalue weighted by Gasteiger charge is 2.38. The lowest BCUT2D eigenvalue weighted by Crippen LogP contribution is -2.38. The summed E-state index contributed by atoms with van der Waals surface area (Å²) < 4.78 is 5.17. The van der Waals surface area contributed by atoms with Crippen LogP contribution >= 0.6 is 0 Å². The van der Waals surface area contributed by atoms with Crippen LogP contribution in [0.5, 0.6) is 0 Å². The zero-order valence-electron chi connectivity index (χ0n) is 10.8. The van der Waals surface area contributed by atoms with Crippen molar-refractivity contribution in [3.8, 4) is 0 Å². The van der Waals surface area contributed by atoms with Crippen LogP contribution < -0.4 is 16.6 Å². The normalized spacial score (nSPS) is 23.4. The number of amides is 2. The molecule has 0 unspecified atom stereocenters. The topological polar surface area (TPSA) is 111 Å². The van der Waals surface area contributed by atoms with Gasteiger partial charge in [-0.3, -0.25) is 15.0 Å². The molecule has 7 nitrogen and oxygen atoms in total. The number of hydrazine groups is 1. The first-order chi connectivity index (χ1) is 8.23. The minimum Gasteiger partial charge on any atom is -0.458 e. The monoisotopic (exact) mass is 257 g/mol. The molecule has 1 saturated heterocycles. The fourth-order valence-electron chi connectivity index (χ4n) is 1.73. The molecule has 1 fully saturated rings. The van der Waals surface area contributed by atoms with E-state index in [0.717, 1.165) is 0 Å². The van der Waals surface area contributed by atoms with Crippen LogP contribution in [0.3, 0.4) is 0 Å². The van der Waals surface area contributed by atoms with Crippen LogP contribution in [-0.2, 0) is 19.1 Å². The first-order valence-corrected chi connectivity index (χ1v) is 5.75. The van der Waals surface area contributed by atoms with Gasteiger partial charge in [-0.1, -0.05) is 0 Å². The molecule has 0 aromatic carbocycles. The molecule has 102 valence electrons. The number of hydrogen-bond acceptors (Lipinski definition) is 5. The minimum absolute atomic E-state index is 0.0262. The third-order valence-electron chi connectivity index (χ3n) is 2.49. The van der Waals surface area contributed by atoms with E-state index in [1.165, 1.54) is 0 Å². The lowest BCUT2D eigenvalue weighted by atomic mass is 10.0. The van der Waals surface area contributed by atoms with Gasteiger partial charge in [0, 0.05) is 12.3 Å². The van der Waals surface area contributed by atoms with Crippen molar-refractivity contribution in [3.05, 3.63) is 0 Å². The van der Waals surface area contributed by atoms with Gasteiger partial charge in [-0.25, -0.2) is 10.6 Å². The van der Waals surface area contributed by atoms with E-state index in [1.54, 1.807) is 20.8 Å². The summed E-state index contributed by atoms with van der Waals surface area (Å²) in [4.78, 5) is 34.4. The number of ether oxygens (including phenoxy) is 1. The van der Waals surface area contributed by atoms with Crippen molar-refractivity contribution in [3.63, 3.8) is 0 Å². The van der Waals surface area contributed by atoms with Crippen LogP contribution in [0.1, 0.15) is 33.6 Å². The van der Waals surface area contributed by atoms with E-state index in [4.69, 9.17) is 10.6 Å². The minimum atomic E-state index is -0.688. The summed E-state index contributed by atoms with van der Waals surface area (Å²) in [5.74, 6) is 3.18. The van der Waals surface area contributed by atoms with Crippen LogP contribution in [0.4, 0.5) is 0 Å². The average Bonchev–Trinajstić information content (AvgIpc) is 2.58. The summed E-state index contributed by atoms with van der Waals surface area (Å²) in [5, 5.41) is 2.52. The largest absolute Gasteiger partial charge is 0.458 e. The standard InChI is InChI=1S/C11H19N3O4/c1-11(2,3)18-10(17)7-4-6(9(16)13-7)5-8(15)14-12/h6-7H,4-5,12H2,1-3H3,(H,13,16)(H,14,15)/t6-,7+/m1/s1. The van der Waals surface area contributed by atoms with E-state index < -0.39 is 29.4 Å². The van der Waals surface area contributed by atoms with E-state index in [0.29, 0.717) is 0 Å². The average molecular weight is 257 g/mol. The quantitative estimate of drug-likeness (QED) is 0.266. The third kappa shape index (κ3) is 3.99. The van der Waals surface area contributed by atoms with E-state index in [-0.39, 0.29) is 18.7 Å². The fraction of sp³-hybridized carbons (Fsp3) is 0.727. The fourth-order valence-corrected chi connectivity index (χ4v) is 1.73. The van der Waals surface area contributed by atoms with Crippen LogP contribution in [0, 0.1) is 5.92 Å². The van der Waals surface area contributed by atoms with Crippen molar-refractivity contribution < 1.29 is 19.1 Å². The van der Waals surface area contributed by atoms with Gasteiger partial charge >= 0.3 is 5.97 Å². The van der Waals surface area contributed by atoms with Gasteiger partial charge in [0.25, 0.3) is 0 Å². The van der Waals surface area contributed by atoms with Gasteiger partial charge in [-0.2, -0.15) is 0 Å². The summed E-state index contributed by atoms with van der Waals surface area (Å²) in [6, 6.07) is -0.688. The molecule has 0 bridgehead atoms. The molecule has 0 spiro atoms. The maximum absolute atomic E-state index is 11.7. The van der Waals surface area contributed by atoms with Gasteiger partial charge < -0.3 is 10.1 Å². The zero-order chi connectivity index (χ0) is 13.9. The van der Waals surface area contributed by atoms with E-state index in [1.807, 2.05) is 5.43 Å². The Bertz CT molecular complexity index is 362. The Morgan fingerprint density at radius 1 is 1.50 bits per heavy atom. The highest BCUT2D eigenvalue weighted by Crippen LogP contribution is 2.21. The smallest absolute Gasteiger partial charge is 0.329 e. The molecule has 1 aliphatic heterocycles. The molecule has 1 heterocycles. The summed E-state index contributed by atoms with van der Waals surface area (Å²) in [5.41, 5.74) is 1.36. The van der Waals surface area contributed by atoms with Crippen LogP contribution in [-0.4, -0.2) is 29.4 Å². The summed E-state index contributed by atoms with van der Waals surface area (Å²) in [6.07, 6.45) is 0.225. The van der Waals surface area contributed by atoms with Crippen molar-refractivity contribution in [1.29, 1.82) is 0 Å². The molecule has 18 heavy (non-hydrogen) atoms. The molecule has 0 saturated carbocycles.